The first-order valence-corrected chi connectivity index (χ1v) is 6.97. The first kappa shape index (κ1) is 11.8. The molecule has 96 valence electrons. The maximum atomic E-state index is 10.0. The van der Waals surface area contributed by atoms with Crippen LogP contribution in [0, 0.1) is 0 Å². The van der Waals surface area contributed by atoms with Crippen molar-refractivity contribution in [2.45, 2.75) is 50.7 Å². The highest BCUT2D eigenvalue weighted by atomic mass is 16.5. The van der Waals surface area contributed by atoms with E-state index in [0.29, 0.717) is 0 Å². The molecular weight excluding hydrogens is 224 g/mol. The van der Waals surface area contributed by atoms with Crippen LogP contribution in [0.4, 0.5) is 0 Å². The Morgan fingerprint density at radius 3 is 2.94 bits per heavy atom. The molecule has 0 bridgehead atoms. The number of aliphatic hydroxyl groups is 1. The summed E-state index contributed by atoms with van der Waals surface area (Å²) in [4.78, 5) is 0. The van der Waals surface area contributed by atoms with Crippen LogP contribution < -0.4 is 4.74 Å². The Labute approximate surface area is 108 Å². The number of hydrogen-bond donors (Lipinski definition) is 1. The lowest BCUT2D eigenvalue weighted by Crippen LogP contribution is -2.16. The summed E-state index contributed by atoms with van der Waals surface area (Å²) >= 11 is 0. The highest BCUT2D eigenvalue weighted by Gasteiger charge is 2.19. The minimum Gasteiger partial charge on any atom is -0.486 e. The molecule has 0 saturated carbocycles. The van der Waals surface area contributed by atoms with Crippen molar-refractivity contribution in [3.63, 3.8) is 0 Å². The van der Waals surface area contributed by atoms with Crippen LogP contribution in [0.3, 0.4) is 0 Å². The standard InChI is InChI=1S/C16H20O2/c17-16-8-4-5-12-9-10-14(11-15(12)16)18-13-6-2-1-3-7-13/h2,6,9-11,13,16-17H,1,3-5,7-8H2. The van der Waals surface area contributed by atoms with E-state index in [1.54, 1.807) is 0 Å². The highest BCUT2D eigenvalue weighted by molar-refractivity contribution is 5.38. The number of aliphatic hydroxyl groups excluding tert-OH is 1. The molecule has 0 radical (unpaired) electrons. The number of hydrogen-bond acceptors (Lipinski definition) is 2. The van der Waals surface area contributed by atoms with E-state index in [1.165, 1.54) is 18.4 Å². The number of allylic oxidation sites excluding steroid dienone is 1. The zero-order chi connectivity index (χ0) is 12.4. The van der Waals surface area contributed by atoms with E-state index in [4.69, 9.17) is 4.74 Å². The molecule has 2 aliphatic rings. The SMILES string of the molecule is OC1CCCc2ccc(OC3C=CCCC3)cc21. The van der Waals surface area contributed by atoms with E-state index < -0.39 is 0 Å². The maximum absolute atomic E-state index is 10.0. The van der Waals surface area contributed by atoms with Gasteiger partial charge in [-0.25, -0.2) is 0 Å². The van der Waals surface area contributed by atoms with Gasteiger partial charge >= 0.3 is 0 Å². The summed E-state index contributed by atoms with van der Waals surface area (Å²) in [7, 11) is 0. The zero-order valence-electron chi connectivity index (χ0n) is 10.6. The van der Waals surface area contributed by atoms with E-state index in [-0.39, 0.29) is 12.2 Å². The Morgan fingerprint density at radius 2 is 2.11 bits per heavy atom. The van der Waals surface area contributed by atoms with Gasteiger partial charge in [-0.15, -0.1) is 0 Å². The van der Waals surface area contributed by atoms with Crippen LogP contribution in [0.1, 0.15) is 49.3 Å². The first-order chi connectivity index (χ1) is 8.83. The lowest BCUT2D eigenvalue weighted by Gasteiger charge is -2.24. The molecule has 0 aliphatic heterocycles. The minimum absolute atomic E-state index is 0.206. The third kappa shape index (κ3) is 2.44. The average molecular weight is 244 g/mol. The van der Waals surface area contributed by atoms with Crippen LogP contribution in [0.2, 0.25) is 0 Å². The number of aryl methyl sites for hydroxylation is 1. The summed E-state index contributed by atoms with van der Waals surface area (Å²) in [6, 6.07) is 6.18. The Hall–Kier alpha value is -1.28. The molecule has 2 aliphatic carbocycles. The van der Waals surface area contributed by atoms with Gasteiger partial charge in [0.2, 0.25) is 0 Å². The topological polar surface area (TPSA) is 29.5 Å². The fourth-order valence-electron chi connectivity index (χ4n) is 2.88. The van der Waals surface area contributed by atoms with Crippen LogP contribution in [0.15, 0.2) is 30.4 Å². The number of ether oxygens (including phenoxy) is 1. The largest absolute Gasteiger partial charge is 0.486 e. The Balaban J connectivity index is 1.78. The van der Waals surface area contributed by atoms with Gasteiger partial charge in [0.1, 0.15) is 11.9 Å². The van der Waals surface area contributed by atoms with Crippen LogP contribution in [0.5, 0.6) is 5.75 Å². The fraction of sp³-hybridized carbons (Fsp3) is 0.500. The van der Waals surface area contributed by atoms with E-state index in [2.05, 4.69) is 18.2 Å². The molecule has 2 heteroatoms. The zero-order valence-corrected chi connectivity index (χ0v) is 10.6. The number of rotatable bonds is 2. The van der Waals surface area contributed by atoms with Crippen LogP contribution in [0.25, 0.3) is 0 Å². The second-order valence-corrected chi connectivity index (χ2v) is 5.28. The van der Waals surface area contributed by atoms with Gasteiger partial charge in [-0.3, -0.25) is 0 Å². The maximum Gasteiger partial charge on any atom is 0.120 e. The Kier molecular flexibility index (Phi) is 3.37. The number of benzene rings is 1. The molecule has 3 rings (SSSR count). The van der Waals surface area contributed by atoms with Crippen molar-refractivity contribution in [1.29, 1.82) is 0 Å². The molecule has 1 N–H and O–H groups in total. The molecule has 0 heterocycles. The number of fused-ring (bicyclic) bond motifs is 1. The van der Waals surface area contributed by atoms with Crippen molar-refractivity contribution in [3.05, 3.63) is 41.5 Å². The monoisotopic (exact) mass is 244 g/mol. The molecule has 0 saturated heterocycles. The fourth-order valence-corrected chi connectivity index (χ4v) is 2.88. The predicted octanol–water partition coefficient (Wildman–Crippen LogP) is 3.54. The van der Waals surface area contributed by atoms with Crippen molar-refractivity contribution in [3.8, 4) is 5.75 Å². The van der Waals surface area contributed by atoms with Gasteiger partial charge in [-0.2, -0.15) is 0 Å². The summed E-state index contributed by atoms with van der Waals surface area (Å²) in [5.41, 5.74) is 2.35. The summed E-state index contributed by atoms with van der Waals surface area (Å²) in [5.74, 6) is 0.895. The van der Waals surface area contributed by atoms with E-state index in [0.717, 1.165) is 37.0 Å². The molecule has 0 amide bonds. The smallest absolute Gasteiger partial charge is 0.120 e. The molecule has 0 aromatic heterocycles. The third-order valence-electron chi connectivity index (χ3n) is 3.90. The van der Waals surface area contributed by atoms with Crippen LogP contribution in [-0.4, -0.2) is 11.2 Å². The van der Waals surface area contributed by atoms with E-state index in [1.807, 2.05) is 12.1 Å². The van der Waals surface area contributed by atoms with Crippen molar-refractivity contribution in [1.82, 2.24) is 0 Å². The summed E-state index contributed by atoms with van der Waals surface area (Å²) in [5, 5.41) is 10.0. The van der Waals surface area contributed by atoms with Crippen molar-refractivity contribution in [2.24, 2.45) is 0 Å². The molecule has 18 heavy (non-hydrogen) atoms. The van der Waals surface area contributed by atoms with Gasteiger partial charge in [0.05, 0.1) is 6.10 Å². The van der Waals surface area contributed by atoms with Gasteiger partial charge < -0.3 is 9.84 Å². The van der Waals surface area contributed by atoms with E-state index >= 15 is 0 Å². The Morgan fingerprint density at radius 1 is 1.17 bits per heavy atom. The molecule has 0 fully saturated rings. The first-order valence-electron chi connectivity index (χ1n) is 6.97. The van der Waals surface area contributed by atoms with Crippen LogP contribution in [-0.2, 0) is 6.42 Å². The van der Waals surface area contributed by atoms with Crippen molar-refractivity contribution < 1.29 is 9.84 Å². The van der Waals surface area contributed by atoms with Gasteiger partial charge in [0, 0.05) is 0 Å². The molecule has 1 aromatic rings. The summed E-state index contributed by atoms with van der Waals surface area (Å²) in [6.07, 6.45) is 10.8. The molecule has 2 unspecified atom stereocenters. The van der Waals surface area contributed by atoms with Crippen molar-refractivity contribution >= 4 is 0 Å². The third-order valence-corrected chi connectivity index (χ3v) is 3.90. The van der Waals surface area contributed by atoms with Gasteiger partial charge in [0.25, 0.3) is 0 Å². The second-order valence-electron chi connectivity index (χ2n) is 5.28. The lowest BCUT2D eigenvalue weighted by molar-refractivity contribution is 0.155. The lowest BCUT2D eigenvalue weighted by atomic mass is 9.89. The van der Waals surface area contributed by atoms with Gasteiger partial charge in [-0.1, -0.05) is 12.1 Å². The highest BCUT2D eigenvalue weighted by Crippen LogP contribution is 2.32. The average Bonchev–Trinajstić information content (AvgIpc) is 2.41. The molecule has 0 spiro atoms. The molecule has 2 atom stereocenters. The molecule has 1 aromatic carbocycles. The van der Waals surface area contributed by atoms with Crippen molar-refractivity contribution in [2.75, 3.05) is 0 Å². The predicted molar refractivity (Wildman–Crippen MR) is 71.7 cm³/mol. The molecular formula is C16H20O2. The van der Waals surface area contributed by atoms with Gasteiger partial charge in [-0.05, 0) is 67.9 Å². The Bertz CT molecular complexity index is 450. The summed E-state index contributed by atoms with van der Waals surface area (Å²) < 4.78 is 5.97. The van der Waals surface area contributed by atoms with Gasteiger partial charge in [0.15, 0.2) is 0 Å². The summed E-state index contributed by atoms with van der Waals surface area (Å²) in [6.45, 7) is 0. The van der Waals surface area contributed by atoms with E-state index in [9.17, 15) is 5.11 Å². The van der Waals surface area contributed by atoms with Crippen LogP contribution >= 0.6 is 0 Å². The normalized spacial score (nSPS) is 26.7. The second kappa shape index (κ2) is 5.15. The quantitative estimate of drug-likeness (QED) is 0.806. The minimum atomic E-state index is -0.306. The molecule has 2 nitrogen and oxygen atoms in total.